The first kappa shape index (κ1) is 9.98. The molecule has 1 unspecified atom stereocenters. The van der Waals surface area contributed by atoms with Crippen molar-refractivity contribution in [2.45, 2.75) is 19.6 Å². The molecular formula is C11H13NO3. The van der Waals surface area contributed by atoms with Crippen LogP contribution in [0.5, 0.6) is 5.75 Å². The molecule has 0 spiro atoms. The Morgan fingerprint density at radius 3 is 2.93 bits per heavy atom. The number of carbonyl (C=O) groups excluding carboxylic acids is 1. The van der Waals surface area contributed by atoms with Crippen molar-refractivity contribution in [3.05, 3.63) is 23.3 Å². The summed E-state index contributed by atoms with van der Waals surface area (Å²) in [7, 11) is 1.61. The highest BCUT2D eigenvalue weighted by atomic mass is 16.5. The van der Waals surface area contributed by atoms with Gasteiger partial charge >= 0.3 is 0 Å². The van der Waals surface area contributed by atoms with Crippen molar-refractivity contribution < 1.29 is 14.6 Å². The van der Waals surface area contributed by atoms with E-state index in [-0.39, 0.29) is 0 Å². The minimum atomic E-state index is -0.746. The lowest BCUT2D eigenvalue weighted by Crippen LogP contribution is -2.29. The molecule has 15 heavy (non-hydrogen) atoms. The number of aryl methyl sites for hydroxylation is 1. The van der Waals surface area contributed by atoms with Crippen LogP contribution in [0.1, 0.15) is 11.1 Å². The third kappa shape index (κ3) is 1.47. The number of rotatable bonds is 2. The molecule has 1 aliphatic rings. The van der Waals surface area contributed by atoms with Gasteiger partial charge in [0, 0.05) is 12.1 Å². The number of amides is 1. The fourth-order valence-electron chi connectivity index (χ4n) is 1.92. The predicted octanol–water partition coefficient (Wildman–Crippen LogP) is 0.841. The third-order valence-electron chi connectivity index (χ3n) is 2.71. The maximum atomic E-state index is 10.8. The molecule has 0 aliphatic carbocycles. The number of carbonyl (C=O) groups is 1. The summed E-state index contributed by atoms with van der Waals surface area (Å²) in [5.41, 5.74) is 2.67. The Labute approximate surface area is 88.1 Å². The van der Waals surface area contributed by atoms with Crippen LogP contribution in [0, 0.1) is 6.92 Å². The molecule has 0 saturated carbocycles. The van der Waals surface area contributed by atoms with Crippen molar-refractivity contribution in [3.63, 3.8) is 0 Å². The van der Waals surface area contributed by atoms with E-state index < -0.39 is 6.23 Å². The molecule has 4 heteroatoms. The molecule has 1 aromatic carbocycles. The summed E-state index contributed by atoms with van der Waals surface area (Å²) in [6, 6.07) is 3.73. The summed E-state index contributed by atoms with van der Waals surface area (Å²) in [4.78, 5) is 12.1. The minimum Gasteiger partial charge on any atom is -0.496 e. The topological polar surface area (TPSA) is 49.8 Å². The van der Waals surface area contributed by atoms with Gasteiger partial charge in [0.25, 0.3) is 0 Å². The fraction of sp³-hybridized carbons (Fsp3) is 0.364. The molecule has 1 N–H and O–H groups in total. The second kappa shape index (κ2) is 3.55. The van der Waals surface area contributed by atoms with Crippen LogP contribution < -0.4 is 9.64 Å². The Hall–Kier alpha value is -1.55. The molecule has 1 aliphatic heterocycles. The number of methoxy groups -OCH3 is 1. The lowest BCUT2D eigenvalue weighted by molar-refractivity contribution is -0.108. The van der Waals surface area contributed by atoms with Gasteiger partial charge in [-0.1, -0.05) is 0 Å². The second-order valence-electron chi connectivity index (χ2n) is 3.65. The van der Waals surface area contributed by atoms with Gasteiger partial charge in [0.15, 0.2) is 0 Å². The van der Waals surface area contributed by atoms with Crippen LogP contribution in [-0.2, 0) is 11.2 Å². The number of anilines is 1. The largest absolute Gasteiger partial charge is 0.496 e. The summed E-state index contributed by atoms with van der Waals surface area (Å²) < 4.78 is 5.19. The standard InChI is InChI=1S/C11H13NO3/c1-7-3-9-8(4-10(7)15-2)5-11(14)12(9)6-13/h3-4,6,11,14H,5H2,1-2H3. The number of hydrogen-bond acceptors (Lipinski definition) is 3. The van der Waals surface area contributed by atoms with Crippen molar-refractivity contribution in [2.75, 3.05) is 12.0 Å². The van der Waals surface area contributed by atoms with E-state index in [1.54, 1.807) is 7.11 Å². The third-order valence-corrected chi connectivity index (χ3v) is 2.71. The zero-order chi connectivity index (χ0) is 11.0. The van der Waals surface area contributed by atoms with Gasteiger partial charge in [-0.05, 0) is 30.2 Å². The van der Waals surface area contributed by atoms with E-state index in [1.807, 2.05) is 19.1 Å². The van der Waals surface area contributed by atoms with Gasteiger partial charge in [-0.3, -0.25) is 9.69 Å². The van der Waals surface area contributed by atoms with Crippen LogP contribution in [0.4, 0.5) is 5.69 Å². The van der Waals surface area contributed by atoms with Crippen LogP contribution in [0.15, 0.2) is 12.1 Å². The Morgan fingerprint density at radius 1 is 1.60 bits per heavy atom. The van der Waals surface area contributed by atoms with E-state index in [0.29, 0.717) is 12.8 Å². The smallest absolute Gasteiger partial charge is 0.216 e. The fourth-order valence-corrected chi connectivity index (χ4v) is 1.92. The van der Waals surface area contributed by atoms with Gasteiger partial charge in [-0.25, -0.2) is 0 Å². The maximum absolute atomic E-state index is 10.8. The van der Waals surface area contributed by atoms with Crippen molar-refractivity contribution in [1.82, 2.24) is 0 Å². The quantitative estimate of drug-likeness (QED) is 0.731. The van der Waals surface area contributed by atoms with E-state index in [2.05, 4.69) is 0 Å². The molecular weight excluding hydrogens is 194 g/mol. The van der Waals surface area contributed by atoms with Crippen molar-refractivity contribution in [1.29, 1.82) is 0 Å². The Kier molecular flexibility index (Phi) is 2.36. The van der Waals surface area contributed by atoms with Crippen LogP contribution in [0.2, 0.25) is 0 Å². The summed E-state index contributed by atoms with van der Waals surface area (Å²) >= 11 is 0. The summed E-state index contributed by atoms with van der Waals surface area (Å²) in [6.07, 6.45) is 0.372. The molecule has 0 saturated heterocycles. The zero-order valence-corrected chi connectivity index (χ0v) is 8.73. The number of aliphatic hydroxyl groups is 1. The van der Waals surface area contributed by atoms with Crippen LogP contribution >= 0.6 is 0 Å². The summed E-state index contributed by atoms with van der Waals surface area (Å²) in [5.74, 6) is 0.786. The lowest BCUT2D eigenvalue weighted by Gasteiger charge is -2.15. The van der Waals surface area contributed by atoms with Gasteiger partial charge in [-0.15, -0.1) is 0 Å². The second-order valence-corrected chi connectivity index (χ2v) is 3.65. The van der Waals surface area contributed by atoms with E-state index >= 15 is 0 Å². The Balaban J connectivity index is 2.50. The van der Waals surface area contributed by atoms with E-state index in [0.717, 1.165) is 22.6 Å². The molecule has 1 heterocycles. The summed E-state index contributed by atoms with van der Waals surface area (Å²) in [5, 5.41) is 9.62. The zero-order valence-electron chi connectivity index (χ0n) is 8.73. The average molecular weight is 207 g/mol. The summed E-state index contributed by atoms with van der Waals surface area (Å²) in [6.45, 7) is 1.91. The van der Waals surface area contributed by atoms with Gasteiger partial charge < -0.3 is 9.84 Å². The maximum Gasteiger partial charge on any atom is 0.216 e. The highest BCUT2D eigenvalue weighted by Gasteiger charge is 2.28. The number of nitrogens with zero attached hydrogens (tertiary/aromatic N) is 1. The van der Waals surface area contributed by atoms with Gasteiger partial charge in [-0.2, -0.15) is 0 Å². The van der Waals surface area contributed by atoms with Crippen molar-refractivity contribution in [3.8, 4) is 5.75 Å². The Morgan fingerprint density at radius 2 is 2.33 bits per heavy atom. The number of aliphatic hydroxyl groups excluding tert-OH is 1. The van der Waals surface area contributed by atoms with Crippen LogP contribution in [0.25, 0.3) is 0 Å². The molecule has 80 valence electrons. The van der Waals surface area contributed by atoms with Crippen molar-refractivity contribution in [2.24, 2.45) is 0 Å². The lowest BCUT2D eigenvalue weighted by atomic mass is 10.1. The highest BCUT2D eigenvalue weighted by Crippen LogP contribution is 2.35. The normalized spacial score (nSPS) is 18.9. The van der Waals surface area contributed by atoms with E-state index in [4.69, 9.17) is 4.74 Å². The van der Waals surface area contributed by atoms with E-state index in [1.165, 1.54) is 4.90 Å². The molecule has 0 aromatic heterocycles. The van der Waals surface area contributed by atoms with Gasteiger partial charge in [0.1, 0.15) is 12.0 Å². The predicted molar refractivity (Wildman–Crippen MR) is 56.0 cm³/mol. The minimum absolute atomic E-state index is 0.463. The van der Waals surface area contributed by atoms with Crippen molar-refractivity contribution >= 4 is 12.1 Å². The SMILES string of the molecule is COc1cc2c(cc1C)N(C=O)C(O)C2. The molecule has 0 fully saturated rings. The molecule has 2 rings (SSSR count). The average Bonchev–Trinajstić information content (AvgIpc) is 2.51. The van der Waals surface area contributed by atoms with E-state index in [9.17, 15) is 9.90 Å². The monoisotopic (exact) mass is 207 g/mol. The van der Waals surface area contributed by atoms with Crippen LogP contribution in [-0.4, -0.2) is 24.9 Å². The number of hydrogen-bond donors (Lipinski definition) is 1. The molecule has 0 bridgehead atoms. The first-order chi connectivity index (χ1) is 7.17. The highest BCUT2D eigenvalue weighted by molar-refractivity contribution is 5.81. The molecule has 0 radical (unpaired) electrons. The first-order valence-corrected chi connectivity index (χ1v) is 4.76. The molecule has 1 aromatic rings. The molecule has 1 amide bonds. The number of benzene rings is 1. The molecule has 1 atom stereocenters. The number of ether oxygens (including phenoxy) is 1. The van der Waals surface area contributed by atoms with Gasteiger partial charge in [0.05, 0.1) is 7.11 Å². The first-order valence-electron chi connectivity index (χ1n) is 4.76. The van der Waals surface area contributed by atoms with Crippen LogP contribution in [0.3, 0.4) is 0 Å². The molecule has 4 nitrogen and oxygen atoms in total. The van der Waals surface area contributed by atoms with Gasteiger partial charge in [0.2, 0.25) is 6.41 Å². The Bertz CT molecular complexity index is 403. The number of fused-ring (bicyclic) bond motifs is 1.